The number of ether oxygens (including phenoxy) is 1. The van der Waals surface area contributed by atoms with E-state index in [-0.39, 0.29) is 0 Å². The minimum atomic E-state index is 0.685. The fourth-order valence-corrected chi connectivity index (χ4v) is 4.21. The smallest absolute Gasteiger partial charge is 0.254 e. The Balaban J connectivity index is 1.28. The summed E-state index contributed by atoms with van der Waals surface area (Å²) in [6, 6.07) is 10.9. The van der Waals surface area contributed by atoms with E-state index >= 15 is 0 Å². The van der Waals surface area contributed by atoms with Gasteiger partial charge < -0.3 is 14.5 Å². The molecule has 0 spiro atoms. The minimum absolute atomic E-state index is 0.685. The summed E-state index contributed by atoms with van der Waals surface area (Å²) >= 11 is 0. The maximum atomic E-state index is 5.50. The van der Waals surface area contributed by atoms with Crippen LogP contribution in [0.3, 0.4) is 0 Å². The van der Waals surface area contributed by atoms with Gasteiger partial charge in [-0.2, -0.15) is 9.50 Å². The molecule has 4 heterocycles. The Morgan fingerprint density at radius 1 is 0.867 bits per heavy atom. The van der Waals surface area contributed by atoms with E-state index in [0.29, 0.717) is 5.78 Å². The van der Waals surface area contributed by atoms with Gasteiger partial charge in [0.1, 0.15) is 5.82 Å². The van der Waals surface area contributed by atoms with Crippen molar-refractivity contribution in [2.75, 3.05) is 62.3 Å². The number of anilines is 2. The van der Waals surface area contributed by atoms with Crippen molar-refractivity contribution in [1.29, 1.82) is 0 Å². The van der Waals surface area contributed by atoms with Crippen molar-refractivity contribution in [3.05, 3.63) is 47.4 Å². The number of morpholine rings is 1. The SMILES string of the molecule is Cc1ccc(N2CCN(Cc3nc4nc(C)cc(N5CCOCC5)n4n3)CC2)cc1. The van der Waals surface area contributed by atoms with Crippen LogP contribution in [0.5, 0.6) is 0 Å². The molecule has 8 nitrogen and oxygen atoms in total. The van der Waals surface area contributed by atoms with E-state index in [9.17, 15) is 0 Å². The van der Waals surface area contributed by atoms with Gasteiger partial charge in [-0.05, 0) is 26.0 Å². The number of aryl methyl sites for hydroxylation is 2. The molecule has 0 unspecified atom stereocenters. The highest BCUT2D eigenvalue weighted by molar-refractivity contribution is 5.49. The first-order chi connectivity index (χ1) is 14.7. The second-order valence-corrected chi connectivity index (χ2v) is 8.19. The van der Waals surface area contributed by atoms with Gasteiger partial charge in [-0.3, -0.25) is 4.90 Å². The van der Waals surface area contributed by atoms with E-state index in [1.807, 2.05) is 11.4 Å². The molecule has 3 aromatic rings. The van der Waals surface area contributed by atoms with Crippen LogP contribution in [-0.4, -0.2) is 77.0 Å². The monoisotopic (exact) mass is 407 g/mol. The molecule has 2 aliphatic rings. The van der Waals surface area contributed by atoms with Crippen molar-refractivity contribution in [3.63, 3.8) is 0 Å². The number of piperazine rings is 1. The van der Waals surface area contributed by atoms with Crippen molar-refractivity contribution in [3.8, 4) is 0 Å². The lowest BCUT2D eigenvalue weighted by atomic mass is 10.2. The molecule has 0 bridgehead atoms. The third-order valence-electron chi connectivity index (χ3n) is 5.94. The van der Waals surface area contributed by atoms with Gasteiger partial charge in [-0.15, -0.1) is 5.10 Å². The first-order valence-corrected chi connectivity index (χ1v) is 10.8. The third kappa shape index (κ3) is 3.97. The van der Waals surface area contributed by atoms with E-state index in [4.69, 9.17) is 14.8 Å². The van der Waals surface area contributed by atoms with Crippen molar-refractivity contribution in [1.82, 2.24) is 24.5 Å². The van der Waals surface area contributed by atoms with Gasteiger partial charge in [-0.1, -0.05) is 17.7 Å². The molecule has 2 aromatic heterocycles. The lowest BCUT2D eigenvalue weighted by molar-refractivity contribution is 0.122. The summed E-state index contributed by atoms with van der Waals surface area (Å²) in [6.07, 6.45) is 0. The van der Waals surface area contributed by atoms with E-state index in [0.717, 1.165) is 76.4 Å². The Kier molecular flexibility index (Phi) is 5.26. The average molecular weight is 408 g/mol. The van der Waals surface area contributed by atoms with Gasteiger partial charge in [0, 0.05) is 56.7 Å². The predicted octanol–water partition coefficient (Wildman–Crippen LogP) is 1.90. The predicted molar refractivity (Wildman–Crippen MR) is 117 cm³/mol. The fraction of sp³-hybridized carbons (Fsp3) is 0.500. The number of benzene rings is 1. The maximum absolute atomic E-state index is 5.50. The Morgan fingerprint density at radius 2 is 1.60 bits per heavy atom. The summed E-state index contributed by atoms with van der Waals surface area (Å²) in [5, 5.41) is 4.82. The third-order valence-corrected chi connectivity index (χ3v) is 5.94. The van der Waals surface area contributed by atoms with Gasteiger partial charge in [-0.25, -0.2) is 4.98 Å². The Bertz CT molecular complexity index is 1000. The zero-order chi connectivity index (χ0) is 20.5. The average Bonchev–Trinajstić information content (AvgIpc) is 3.17. The van der Waals surface area contributed by atoms with Gasteiger partial charge in [0.05, 0.1) is 19.8 Å². The van der Waals surface area contributed by atoms with Gasteiger partial charge in [0.15, 0.2) is 5.82 Å². The summed E-state index contributed by atoms with van der Waals surface area (Å²) < 4.78 is 7.40. The van der Waals surface area contributed by atoms with Gasteiger partial charge >= 0.3 is 0 Å². The second-order valence-electron chi connectivity index (χ2n) is 8.19. The summed E-state index contributed by atoms with van der Waals surface area (Å²) in [6.45, 7) is 12.2. The normalized spacial score (nSPS) is 18.3. The van der Waals surface area contributed by atoms with Crippen LogP contribution in [0.4, 0.5) is 11.5 Å². The number of aromatic nitrogens is 4. The van der Waals surface area contributed by atoms with Crippen LogP contribution in [0.2, 0.25) is 0 Å². The summed E-state index contributed by atoms with van der Waals surface area (Å²) in [4.78, 5) is 16.5. The van der Waals surface area contributed by atoms with E-state index in [1.54, 1.807) is 0 Å². The first-order valence-electron chi connectivity index (χ1n) is 10.8. The van der Waals surface area contributed by atoms with Crippen molar-refractivity contribution in [2.24, 2.45) is 0 Å². The van der Waals surface area contributed by atoms with Crippen molar-refractivity contribution < 1.29 is 4.74 Å². The molecule has 0 radical (unpaired) electrons. The van der Waals surface area contributed by atoms with Crippen LogP contribution < -0.4 is 9.80 Å². The molecule has 0 atom stereocenters. The maximum Gasteiger partial charge on any atom is 0.254 e. The van der Waals surface area contributed by atoms with Crippen LogP contribution >= 0.6 is 0 Å². The van der Waals surface area contributed by atoms with E-state index < -0.39 is 0 Å². The molecule has 0 saturated carbocycles. The molecule has 0 amide bonds. The molecule has 158 valence electrons. The molecular formula is C22H29N7O. The lowest BCUT2D eigenvalue weighted by Crippen LogP contribution is -2.46. The standard InChI is InChI=1S/C22H29N7O/c1-17-3-5-19(6-4-17)27-9-7-26(8-10-27)16-20-24-22-23-18(2)15-21(29(22)25-20)28-11-13-30-14-12-28/h3-6,15H,7-14,16H2,1-2H3. The molecule has 1 aromatic carbocycles. The first kappa shape index (κ1) is 19.3. The molecule has 2 aliphatic heterocycles. The molecular weight excluding hydrogens is 378 g/mol. The Morgan fingerprint density at radius 3 is 2.33 bits per heavy atom. The number of hydrogen-bond acceptors (Lipinski definition) is 7. The van der Waals surface area contributed by atoms with Crippen LogP contribution in [0.1, 0.15) is 17.1 Å². The molecule has 0 N–H and O–H groups in total. The van der Waals surface area contributed by atoms with Crippen molar-refractivity contribution in [2.45, 2.75) is 20.4 Å². The summed E-state index contributed by atoms with van der Waals surface area (Å²) in [7, 11) is 0. The van der Waals surface area contributed by atoms with Gasteiger partial charge in [0.2, 0.25) is 0 Å². The van der Waals surface area contributed by atoms with Crippen LogP contribution in [0.15, 0.2) is 30.3 Å². The van der Waals surface area contributed by atoms with E-state index in [1.165, 1.54) is 11.3 Å². The van der Waals surface area contributed by atoms with E-state index in [2.05, 4.69) is 56.9 Å². The molecule has 5 rings (SSSR count). The van der Waals surface area contributed by atoms with Crippen molar-refractivity contribution >= 4 is 17.3 Å². The number of hydrogen-bond donors (Lipinski definition) is 0. The van der Waals surface area contributed by atoms with Gasteiger partial charge in [0.25, 0.3) is 5.78 Å². The Labute approximate surface area is 177 Å². The highest BCUT2D eigenvalue weighted by atomic mass is 16.5. The molecule has 2 saturated heterocycles. The van der Waals surface area contributed by atoms with Crippen LogP contribution in [0.25, 0.3) is 5.78 Å². The Hall–Kier alpha value is -2.71. The minimum Gasteiger partial charge on any atom is -0.378 e. The highest BCUT2D eigenvalue weighted by Crippen LogP contribution is 2.20. The summed E-state index contributed by atoms with van der Waals surface area (Å²) in [5.41, 5.74) is 3.58. The number of rotatable bonds is 4. The molecule has 0 aliphatic carbocycles. The quantitative estimate of drug-likeness (QED) is 0.655. The largest absolute Gasteiger partial charge is 0.378 e. The molecule has 8 heteroatoms. The second kappa shape index (κ2) is 8.20. The van der Waals surface area contributed by atoms with Crippen LogP contribution in [0, 0.1) is 13.8 Å². The number of fused-ring (bicyclic) bond motifs is 1. The van der Waals surface area contributed by atoms with Crippen LogP contribution in [-0.2, 0) is 11.3 Å². The molecule has 30 heavy (non-hydrogen) atoms. The highest BCUT2D eigenvalue weighted by Gasteiger charge is 2.21. The zero-order valence-electron chi connectivity index (χ0n) is 17.8. The summed E-state index contributed by atoms with van der Waals surface area (Å²) in [5.74, 6) is 2.58. The zero-order valence-corrected chi connectivity index (χ0v) is 17.8. The fourth-order valence-electron chi connectivity index (χ4n) is 4.21. The lowest BCUT2D eigenvalue weighted by Gasteiger charge is -2.35. The number of nitrogens with zero attached hydrogens (tertiary/aromatic N) is 7. The topological polar surface area (TPSA) is 62.0 Å². The molecule has 2 fully saturated rings.